The van der Waals surface area contributed by atoms with Crippen molar-refractivity contribution in [2.24, 2.45) is 0 Å². The van der Waals surface area contributed by atoms with Gasteiger partial charge in [0.2, 0.25) is 5.75 Å². The topological polar surface area (TPSA) is 66.0 Å². The van der Waals surface area contributed by atoms with Crippen LogP contribution in [0.25, 0.3) is 0 Å². The lowest BCUT2D eigenvalue weighted by Crippen LogP contribution is -2.28. The number of rotatable bonds is 10. The number of hydrogen-bond donors (Lipinski definition) is 1. The number of methoxy groups -OCH3 is 3. The first-order valence-corrected chi connectivity index (χ1v) is 8.92. The number of ether oxygens (including phenoxy) is 4. The SMILES string of the molecule is CCCc1ccc(OCCNC(=O)c2cc(OC)c(OC)c(OC)c2)cc1. The van der Waals surface area contributed by atoms with Crippen molar-refractivity contribution >= 4 is 5.91 Å². The first-order chi connectivity index (χ1) is 13.1. The van der Waals surface area contributed by atoms with Crippen molar-refractivity contribution in [1.29, 1.82) is 0 Å². The average Bonchev–Trinajstić information content (AvgIpc) is 2.71. The van der Waals surface area contributed by atoms with Gasteiger partial charge in [0.1, 0.15) is 12.4 Å². The molecule has 0 heterocycles. The summed E-state index contributed by atoms with van der Waals surface area (Å²) < 4.78 is 21.5. The Labute approximate surface area is 160 Å². The summed E-state index contributed by atoms with van der Waals surface area (Å²) in [6.45, 7) is 2.91. The van der Waals surface area contributed by atoms with E-state index >= 15 is 0 Å². The molecule has 0 radical (unpaired) electrons. The summed E-state index contributed by atoms with van der Waals surface area (Å²) in [5.74, 6) is 1.87. The third-order valence-electron chi connectivity index (χ3n) is 4.05. The van der Waals surface area contributed by atoms with Gasteiger partial charge in [-0.25, -0.2) is 0 Å². The van der Waals surface area contributed by atoms with Gasteiger partial charge in [-0.1, -0.05) is 25.5 Å². The minimum atomic E-state index is -0.240. The number of carbonyl (C=O) groups excluding carboxylic acids is 1. The molecule has 0 aliphatic carbocycles. The Morgan fingerprint density at radius 2 is 1.59 bits per heavy atom. The third kappa shape index (κ3) is 5.54. The molecule has 0 saturated carbocycles. The predicted octanol–water partition coefficient (Wildman–Crippen LogP) is 3.47. The van der Waals surface area contributed by atoms with Crippen LogP contribution in [0.1, 0.15) is 29.3 Å². The van der Waals surface area contributed by atoms with Gasteiger partial charge >= 0.3 is 0 Å². The van der Waals surface area contributed by atoms with Crippen molar-refractivity contribution in [1.82, 2.24) is 5.32 Å². The molecule has 146 valence electrons. The minimum Gasteiger partial charge on any atom is -0.493 e. The lowest BCUT2D eigenvalue weighted by Gasteiger charge is -2.14. The van der Waals surface area contributed by atoms with E-state index in [-0.39, 0.29) is 5.91 Å². The molecule has 0 fully saturated rings. The fourth-order valence-corrected chi connectivity index (χ4v) is 2.69. The van der Waals surface area contributed by atoms with Crippen molar-refractivity contribution in [2.75, 3.05) is 34.5 Å². The molecular formula is C21H27NO5. The second-order valence-corrected chi connectivity index (χ2v) is 5.91. The Morgan fingerprint density at radius 3 is 2.11 bits per heavy atom. The van der Waals surface area contributed by atoms with Crippen LogP contribution in [0.3, 0.4) is 0 Å². The van der Waals surface area contributed by atoms with E-state index < -0.39 is 0 Å². The van der Waals surface area contributed by atoms with E-state index in [1.54, 1.807) is 12.1 Å². The zero-order chi connectivity index (χ0) is 19.6. The standard InChI is InChI=1S/C21H27NO5/c1-5-6-15-7-9-17(10-8-15)27-12-11-22-21(23)16-13-18(24-2)20(26-4)19(14-16)25-3/h7-10,13-14H,5-6,11-12H2,1-4H3,(H,22,23). The molecule has 6 heteroatoms. The zero-order valence-corrected chi connectivity index (χ0v) is 16.3. The van der Waals surface area contributed by atoms with E-state index in [2.05, 4.69) is 24.4 Å². The molecule has 0 spiro atoms. The van der Waals surface area contributed by atoms with E-state index in [4.69, 9.17) is 18.9 Å². The number of hydrogen-bond acceptors (Lipinski definition) is 5. The number of aryl methyl sites for hydroxylation is 1. The van der Waals surface area contributed by atoms with Crippen molar-refractivity contribution in [3.8, 4) is 23.0 Å². The highest BCUT2D eigenvalue weighted by atomic mass is 16.5. The van der Waals surface area contributed by atoms with Gasteiger partial charge in [-0.15, -0.1) is 0 Å². The van der Waals surface area contributed by atoms with Gasteiger partial charge in [0.05, 0.1) is 27.9 Å². The molecule has 2 aromatic rings. The maximum Gasteiger partial charge on any atom is 0.251 e. The molecule has 0 bridgehead atoms. The van der Waals surface area contributed by atoms with Gasteiger partial charge in [-0.05, 0) is 36.2 Å². The van der Waals surface area contributed by atoms with Gasteiger partial charge < -0.3 is 24.3 Å². The van der Waals surface area contributed by atoms with Gasteiger partial charge in [0.15, 0.2) is 11.5 Å². The molecule has 0 saturated heterocycles. The van der Waals surface area contributed by atoms with Crippen LogP contribution >= 0.6 is 0 Å². The van der Waals surface area contributed by atoms with E-state index in [9.17, 15) is 4.79 Å². The predicted molar refractivity (Wildman–Crippen MR) is 104 cm³/mol. The van der Waals surface area contributed by atoms with Crippen molar-refractivity contribution < 1.29 is 23.7 Å². The third-order valence-corrected chi connectivity index (χ3v) is 4.05. The molecule has 2 aromatic carbocycles. The summed E-state index contributed by atoms with van der Waals surface area (Å²) in [6, 6.07) is 11.3. The van der Waals surface area contributed by atoms with E-state index in [1.807, 2.05) is 12.1 Å². The first kappa shape index (κ1) is 20.4. The van der Waals surface area contributed by atoms with Crippen LogP contribution in [0.5, 0.6) is 23.0 Å². The van der Waals surface area contributed by atoms with E-state index in [1.165, 1.54) is 26.9 Å². The van der Waals surface area contributed by atoms with Crippen molar-refractivity contribution in [3.05, 3.63) is 47.5 Å². The van der Waals surface area contributed by atoms with Gasteiger partial charge in [-0.3, -0.25) is 4.79 Å². The Balaban J connectivity index is 1.90. The molecule has 0 aliphatic heterocycles. The first-order valence-electron chi connectivity index (χ1n) is 8.92. The largest absolute Gasteiger partial charge is 0.493 e. The molecule has 0 aromatic heterocycles. The Bertz CT molecular complexity index is 718. The summed E-state index contributed by atoms with van der Waals surface area (Å²) in [5, 5.41) is 2.83. The van der Waals surface area contributed by atoms with Crippen LogP contribution in [0.4, 0.5) is 0 Å². The second kappa shape index (κ2) is 10.3. The molecule has 1 N–H and O–H groups in total. The summed E-state index contributed by atoms with van der Waals surface area (Å²) in [6.07, 6.45) is 2.18. The maximum absolute atomic E-state index is 12.4. The van der Waals surface area contributed by atoms with Crippen molar-refractivity contribution in [2.45, 2.75) is 19.8 Å². The quantitative estimate of drug-likeness (QED) is 0.646. The molecule has 1 amide bonds. The van der Waals surface area contributed by atoms with Crippen LogP contribution in [0, 0.1) is 0 Å². The summed E-state index contributed by atoms with van der Waals surface area (Å²) >= 11 is 0. The van der Waals surface area contributed by atoms with E-state index in [0.717, 1.165) is 18.6 Å². The molecule has 6 nitrogen and oxygen atoms in total. The Kier molecular flexibility index (Phi) is 7.79. The second-order valence-electron chi connectivity index (χ2n) is 5.91. The monoisotopic (exact) mass is 373 g/mol. The zero-order valence-electron chi connectivity index (χ0n) is 16.3. The van der Waals surface area contributed by atoms with Crippen LogP contribution < -0.4 is 24.3 Å². The fourth-order valence-electron chi connectivity index (χ4n) is 2.69. The average molecular weight is 373 g/mol. The number of benzene rings is 2. The van der Waals surface area contributed by atoms with Crippen molar-refractivity contribution in [3.63, 3.8) is 0 Å². The molecule has 0 aliphatic rings. The Morgan fingerprint density at radius 1 is 0.963 bits per heavy atom. The minimum absolute atomic E-state index is 0.240. The van der Waals surface area contributed by atoms with E-state index in [0.29, 0.717) is 36.0 Å². The highest BCUT2D eigenvalue weighted by Gasteiger charge is 2.16. The van der Waals surface area contributed by atoms with Crippen LogP contribution in [-0.4, -0.2) is 40.4 Å². The maximum atomic E-state index is 12.4. The van der Waals surface area contributed by atoms with Gasteiger partial charge in [0.25, 0.3) is 5.91 Å². The van der Waals surface area contributed by atoms with Gasteiger partial charge in [0, 0.05) is 5.56 Å². The summed E-state index contributed by atoms with van der Waals surface area (Å²) in [4.78, 5) is 12.4. The molecule has 2 rings (SSSR count). The summed E-state index contributed by atoms with van der Waals surface area (Å²) in [5.41, 5.74) is 1.72. The van der Waals surface area contributed by atoms with Crippen LogP contribution in [0.15, 0.2) is 36.4 Å². The highest BCUT2D eigenvalue weighted by molar-refractivity contribution is 5.95. The molecule has 0 unspecified atom stereocenters. The summed E-state index contributed by atoms with van der Waals surface area (Å²) in [7, 11) is 4.55. The molecule has 0 atom stereocenters. The lowest BCUT2D eigenvalue weighted by atomic mass is 10.1. The highest BCUT2D eigenvalue weighted by Crippen LogP contribution is 2.38. The number of nitrogens with one attached hydrogen (secondary N) is 1. The number of carbonyl (C=O) groups is 1. The lowest BCUT2D eigenvalue weighted by molar-refractivity contribution is 0.0946. The fraction of sp³-hybridized carbons (Fsp3) is 0.381. The molecule has 27 heavy (non-hydrogen) atoms. The smallest absolute Gasteiger partial charge is 0.251 e. The van der Waals surface area contributed by atoms with Gasteiger partial charge in [-0.2, -0.15) is 0 Å². The van der Waals surface area contributed by atoms with Crippen LogP contribution in [-0.2, 0) is 6.42 Å². The molecular weight excluding hydrogens is 346 g/mol. The normalized spacial score (nSPS) is 10.2. The number of amides is 1. The Hall–Kier alpha value is -2.89. The van der Waals surface area contributed by atoms with Crippen LogP contribution in [0.2, 0.25) is 0 Å².